The molecule has 0 fully saturated rings. The summed E-state index contributed by atoms with van der Waals surface area (Å²) in [6, 6.07) is 18.0. The average Bonchev–Trinajstić information content (AvgIpc) is 3.20. The largest absolute Gasteiger partial charge is 0.352 e. The Hall–Kier alpha value is -3.58. The molecule has 2 heterocycles. The van der Waals surface area contributed by atoms with Crippen molar-refractivity contribution in [3.8, 4) is 0 Å². The summed E-state index contributed by atoms with van der Waals surface area (Å²) < 4.78 is 13.0. The number of aryl methyl sites for hydroxylation is 1. The molecule has 2 aromatic carbocycles. The van der Waals surface area contributed by atoms with Crippen LogP contribution in [-0.4, -0.2) is 32.8 Å². The molecule has 7 heteroatoms. The van der Waals surface area contributed by atoms with Crippen molar-refractivity contribution < 1.29 is 9.18 Å². The molecule has 0 bridgehead atoms. The van der Waals surface area contributed by atoms with Gasteiger partial charge in [0.2, 0.25) is 5.91 Å². The van der Waals surface area contributed by atoms with Crippen molar-refractivity contribution >= 4 is 16.9 Å². The van der Waals surface area contributed by atoms with Crippen molar-refractivity contribution in [2.45, 2.75) is 32.5 Å². The Morgan fingerprint density at radius 3 is 2.69 bits per heavy atom. The lowest BCUT2D eigenvalue weighted by molar-refractivity contribution is -0.121. The zero-order valence-corrected chi connectivity index (χ0v) is 18.0. The normalized spacial score (nSPS) is 11.2. The first kappa shape index (κ1) is 21.6. The van der Waals surface area contributed by atoms with E-state index in [-0.39, 0.29) is 11.7 Å². The molecule has 0 aliphatic heterocycles. The topological polar surface area (TPSA) is 73.9 Å². The summed E-state index contributed by atoms with van der Waals surface area (Å²) in [6.07, 6.45) is 2.76. The number of nitrogens with zero attached hydrogens (tertiary/aromatic N) is 3. The number of carbonyl (C=O) groups is 1. The highest BCUT2D eigenvalue weighted by molar-refractivity contribution is 5.76. The Morgan fingerprint density at radius 2 is 1.88 bits per heavy atom. The molecule has 32 heavy (non-hydrogen) atoms. The highest BCUT2D eigenvalue weighted by Crippen LogP contribution is 2.14. The molecule has 0 saturated carbocycles. The van der Waals surface area contributed by atoms with Gasteiger partial charge in [-0.05, 0) is 54.9 Å². The van der Waals surface area contributed by atoms with Gasteiger partial charge >= 0.3 is 0 Å². The summed E-state index contributed by atoms with van der Waals surface area (Å²) in [7, 11) is 2.03. The number of pyridine rings is 1. The quantitative estimate of drug-likeness (QED) is 0.420. The van der Waals surface area contributed by atoms with Gasteiger partial charge in [-0.1, -0.05) is 30.3 Å². The van der Waals surface area contributed by atoms with E-state index in [1.807, 2.05) is 43.4 Å². The number of hydrogen-bond acceptors (Lipinski definition) is 4. The maximum absolute atomic E-state index is 13.0. The van der Waals surface area contributed by atoms with Gasteiger partial charge in [0.05, 0.1) is 23.3 Å². The lowest BCUT2D eigenvalue weighted by Crippen LogP contribution is -2.23. The maximum atomic E-state index is 13.0. The predicted octanol–water partition coefficient (Wildman–Crippen LogP) is 3.98. The Morgan fingerprint density at radius 1 is 1.06 bits per heavy atom. The van der Waals surface area contributed by atoms with E-state index < -0.39 is 0 Å². The number of rotatable bonds is 9. The van der Waals surface area contributed by atoms with Gasteiger partial charge in [0.1, 0.15) is 11.6 Å². The average molecular weight is 432 g/mol. The van der Waals surface area contributed by atoms with Gasteiger partial charge in [0, 0.05) is 25.7 Å². The van der Waals surface area contributed by atoms with Crippen LogP contribution in [0.2, 0.25) is 0 Å². The van der Waals surface area contributed by atoms with Gasteiger partial charge < -0.3 is 10.3 Å². The first-order valence-electron chi connectivity index (χ1n) is 10.6. The van der Waals surface area contributed by atoms with E-state index in [2.05, 4.69) is 25.2 Å². The molecule has 0 saturated heterocycles. The number of aromatic nitrogens is 3. The molecule has 0 unspecified atom stereocenters. The summed E-state index contributed by atoms with van der Waals surface area (Å²) >= 11 is 0. The van der Waals surface area contributed by atoms with Crippen molar-refractivity contribution in [2.24, 2.45) is 0 Å². The van der Waals surface area contributed by atoms with Gasteiger partial charge in [-0.15, -0.1) is 0 Å². The van der Waals surface area contributed by atoms with Crippen LogP contribution in [0, 0.1) is 5.82 Å². The number of imidazole rings is 1. The van der Waals surface area contributed by atoms with Crippen molar-refractivity contribution in [2.75, 3.05) is 7.05 Å². The van der Waals surface area contributed by atoms with Crippen LogP contribution in [0.25, 0.3) is 11.0 Å². The zero-order valence-electron chi connectivity index (χ0n) is 18.0. The Kier molecular flexibility index (Phi) is 6.87. The second-order valence-corrected chi connectivity index (χ2v) is 7.89. The van der Waals surface area contributed by atoms with Crippen LogP contribution in [0.3, 0.4) is 0 Å². The van der Waals surface area contributed by atoms with E-state index in [0.29, 0.717) is 32.5 Å². The molecule has 0 spiro atoms. The number of fused-ring (bicyclic) bond motifs is 1. The SMILES string of the molecule is CN(Cc1nc2ccccc2[nH]1)Cc1ncccc1CCC(=O)NCc1ccc(F)cc1. The molecular weight excluding hydrogens is 405 g/mol. The van der Waals surface area contributed by atoms with Crippen LogP contribution in [0.1, 0.15) is 29.1 Å². The smallest absolute Gasteiger partial charge is 0.220 e. The number of hydrogen-bond donors (Lipinski definition) is 2. The second kappa shape index (κ2) is 10.2. The Labute approximate surface area is 186 Å². The molecule has 164 valence electrons. The minimum Gasteiger partial charge on any atom is -0.352 e. The summed E-state index contributed by atoms with van der Waals surface area (Å²) in [6.45, 7) is 1.71. The van der Waals surface area contributed by atoms with E-state index in [1.54, 1.807) is 18.3 Å². The zero-order chi connectivity index (χ0) is 22.3. The lowest BCUT2D eigenvalue weighted by atomic mass is 10.1. The predicted molar refractivity (Wildman–Crippen MR) is 122 cm³/mol. The first-order valence-corrected chi connectivity index (χ1v) is 10.6. The highest BCUT2D eigenvalue weighted by Gasteiger charge is 2.11. The third-order valence-electron chi connectivity index (χ3n) is 5.29. The number of carbonyl (C=O) groups excluding carboxylic acids is 1. The standard InChI is InChI=1S/C25H26FN5O/c1-31(17-24-29-21-6-2-3-7-22(21)30-24)16-23-19(5-4-14-27-23)10-13-25(32)28-15-18-8-11-20(26)12-9-18/h2-9,11-12,14H,10,13,15-17H2,1H3,(H,28,32)(H,29,30). The van der Waals surface area contributed by atoms with Crippen LogP contribution in [0.5, 0.6) is 0 Å². The molecule has 0 atom stereocenters. The monoisotopic (exact) mass is 431 g/mol. The second-order valence-electron chi connectivity index (χ2n) is 7.89. The number of aromatic amines is 1. The number of para-hydroxylation sites is 2. The molecule has 0 aliphatic rings. The number of halogens is 1. The molecule has 2 N–H and O–H groups in total. The lowest BCUT2D eigenvalue weighted by Gasteiger charge is -2.17. The number of benzene rings is 2. The summed E-state index contributed by atoms with van der Waals surface area (Å²) in [4.78, 5) is 27.0. The summed E-state index contributed by atoms with van der Waals surface area (Å²) in [5.41, 5.74) is 4.87. The van der Waals surface area contributed by atoms with Crippen molar-refractivity contribution in [3.63, 3.8) is 0 Å². The fourth-order valence-electron chi connectivity index (χ4n) is 3.63. The number of nitrogens with one attached hydrogen (secondary N) is 2. The molecule has 1 amide bonds. The van der Waals surface area contributed by atoms with Crippen LogP contribution in [0.15, 0.2) is 66.9 Å². The minimum atomic E-state index is -0.283. The van der Waals surface area contributed by atoms with Gasteiger partial charge in [0.25, 0.3) is 0 Å². The van der Waals surface area contributed by atoms with Crippen LogP contribution >= 0.6 is 0 Å². The van der Waals surface area contributed by atoms with E-state index in [0.717, 1.165) is 33.7 Å². The molecular formula is C25H26FN5O. The van der Waals surface area contributed by atoms with Gasteiger partial charge in [-0.25, -0.2) is 9.37 Å². The molecule has 4 rings (SSSR count). The first-order chi connectivity index (χ1) is 15.6. The Balaban J connectivity index is 1.30. The molecule has 2 aromatic heterocycles. The van der Waals surface area contributed by atoms with Gasteiger partial charge in [-0.2, -0.15) is 0 Å². The third kappa shape index (κ3) is 5.76. The van der Waals surface area contributed by atoms with E-state index in [1.165, 1.54) is 12.1 Å². The van der Waals surface area contributed by atoms with E-state index in [4.69, 9.17) is 0 Å². The van der Waals surface area contributed by atoms with Gasteiger partial charge in [0.15, 0.2) is 0 Å². The molecule has 4 aromatic rings. The number of H-pyrrole nitrogens is 1. The molecule has 0 radical (unpaired) electrons. The summed E-state index contributed by atoms with van der Waals surface area (Å²) in [5, 5.41) is 2.89. The van der Waals surface area contributed by atoms with E-state index in [9.17, 15) is 9.18 Å². The van der Waals surface area contributed by atoms with Gasteiger partial charge in [-0.3, -0.25) is 14.7 Å². The molecule has 6 nitrogen and oxygen atoms in total. The van der Waals surface area contributed by atoms with Crippen molar-refractivity contribution in [3.05, 3.63) is 95.3 Å². The molecule has 0 aliphatic carbocycles. The summed E-state index contributed by atoms with van der Waals surface area (Å²) in [5.74, 6) is 0.584. The maximum Gasteiger partial charge on any atom is 0.220 e. The third-order valence-corrected chi connectivity index (χ3v) is 5.29. The number of amides is 1. The van der Waals surface area contributed by atoms with Crippen LogP contribution in [-0.2, 0) is 30.8 Å². The minimum absolute atomic E-state index is 0.0419. The fraction of sp³-hybridized carbons (Fsp3) is 0.240. The van der Waals surface area contributed by atoms with Crippen LogP contribution < -0.4 is 5.32 Å². The van der Waals surface area contributed by atoms with E-state index >= 15 is 0 Å². The van der Waals surface area contributed by atoms with Crippen molar-refractivity contribution in [1.82, 2.24) is 25.2 Å². The highest BCUT2D eigenvalue weighted by atomic mass is 19.1. The Bertz CT molecular complexity index is 1160. The van der Waals surface area contributed by atoms with Crippen LogP contribution in [0.4, 0.5) is 4.39 Å². The van der Waals surface area contributed by atoms with Crippen molar-refractivity contribution in [1.29, 1.82) is 0 Å². The fourth-order valence-corrected chi connectivity index (χ4v) is 3.63.